The fourth-order valence-electron chi connectivity index (χ4n) is 3.59. The number of esters is 1. The Hall–Kier alpha value is -2.61. The summed E-state index contributed by atoms with van der Waals surface area (Å²) in [7, 11) is 1.28. The Balaban J connectivity index is 1.93. The molecule has 7 nitrogen and oxygen atoms in total. The molecular weight excluding hydrogens is 399 g/mol. The van der Waals surface area contributed by atoms with Crippen LogP contribution in [0.1, 0.15) is 43.3 Å². The fraction of sp³-hybridized carbons (Fsp3) is 0.450. The van der Waals surface area contributed by atoms with E-state index in [4.69, 9.17) is 16.3 Å². The third-order valence-electron chi connectivity index (χ3n) is 4.93. The second-order valence-corrected chi connectivity index (χ2v) is 7.87. The summed E-state index contributed by atoms with van der Waals surface area (Å²) in [4.78, 5) is 34.1. The second kappa shape index (κ2) is 8.82. The highest BCUT2D eigenvalue weighted by molar-refractivity contribution is 6.30. The molecule has 29 heavy (non-hydrogen) atoms. The molecule has 0 fully saturated rings. The number of methoxy groups -OCH3 is 1. The average molecular weight is 423 g/mol. The first-order chi connectivity index (χ1) is 13.8. The van der Waals surface area contributed by atoms with Crippen molar-refractivity contribution in [3.63, 3.8) is 0 Å². The van der Waals surface area contributed by atoms with Gasteiger partial charge in [-0.15, -0.1) is 0 Å². The molecule has 0 saturated carbocycles. The fourth-order valence-corrected chi connectivity index (χ4v) is 3.75. The molecule has 1 aromatic carbocycles. The van der Waals surface area contributed by atoms with Crippen LogP contribution in [0.25, 0.3) is 0 Å². The highest BCUT2D eigenvalue weighted by atomic mass is 35.5. The molecule has 2 heterocycles. The predicted octanol–water partition coefficient (Wildman–Crippen LogP) is 3.45. The van der Waals surface area contributed by atoms with Crippen molar-refractivity contribution in [1.82, 2.24) is 20.2 Å². The van der Waals surface area contributed by atoms with Gasteiger partial charge in [-0.25, -0.2) is 19.0 Å². The first-order valence-electron chi connectivity index (χ1n) is 9.43. The van der Waals surface area contributed by atoms with E-state index in [2.05, 4.69) is 15.3 Å². The maximum Gasteiger partial charge on any atom is 0.328 e. The van der Waals surface area contributed by atoms with Gasteiger partial charge in [-0.3, -0.25) is 0 Å². The summed E-state index contributed by atoms with van der Waals surface area (Å²) in [5.74, 6) is -0.871. The molecule has 3 rings (SSSR count). The lowest BCUT2D eigenvalue weighted by Gasteiger charge is -2.36. The van der Waals surface area contributed by atoms with Gasteiger partial charge in [0.1, 0.15) is 17.9 Å². The molecule has 0 spiro atoms. The quantitative estimate of drug-likeness (QED) is 0.722. The molecule has 2 amide bonds. The molecule has 156 valence electrons. The van der Waals surface area contributed by atoms with E-state index in [1.54, 1.807) is 12.1 Å². The van der Waals surface area contributed by atoms with Crippen molar-refractivity contribution in [3.8, 4) is 0 Å². The summed E-state index contributed by atoms with van der Waals surface area (Å²) >= 11 is 5.90. The van der Waals surface area contributed by atoms with Crippen molar-refractivity contribution in [1.29, 1.82) is 0 Å². The van der Waals surface area contributed by atoms with Crippen LogP contribution in [0.3, 0.4) is 0 Å². The molecule has 0 bridgehead atoms. The Morgan fingerprint density at radius 3 is 2.86 bits per heavy atom. The molecule has 2 aromatic rings. The minimum absolute atomic E-state index is 0.170. The Bertz CT molecular complexity index is 902. The largest absolute Gasteiger partial charge is 0.467 e. The first-order valence-corrected chi connectivity index (χ1v) is 9.81. The SMILES string of the molecule is COC(=O)[C@@H](CC(C)C)NC(=O)N1CCc2[nH]cnc2[C@@H]1c1ccc(Cl)cc1F. The Morgan fingerprint density at radius 1 is 1.45 bits per heavy atom. The number of aromatic amines is 1. The number of benzene rings is 1. The van der Waals surface area contributed by atoms with E-state index < -0.39 is 29.9 Å². The molecule has 0 saturated heterocycles. The van der Waals surface area contributed by atoms with Crippen molar-refractivity contribution in [2.75, 3.05) is 13.7 Å². The third kappa shape index (κ3) is 4.53. The third-order valence-corrected chi connectivity index (χ3v) is 5.17. The lowest BCUT2D eigenvalue weighted by molar-refractivity contribution is -0.143. The van der Waals surface area contributed by atoms with E-state index in [0.717, 1.165) is 5.69 Å². The first kappa shape index (κ1) is 21.1. The van der Waals surface area contributed by atoms with Crippen LogP contribution in [-0.4, -0.2) is 46.6 Å². The molecular formula is C20H24ClFN4O3. The number of halogens is 2. The molecule has 1 aliphatic rings. The van der Waals surface area contributed by atoms with Gasteiger partial charge in [-0.1, -0.05) is 31.5 Å². The summed E-state index contributed by atoms with van der Waals surface area (Å²) in [5, 5.41) is 3.01. The monoisotopic (exact) mass is 422 g/mol. The molecule has 1 aliphatic heterocycles. The smallest absolute Gasteiger partial charge is 0.328 e. The minimum atomic E-state index is -0.788. The van der Waals surface area contributed by atoms with Crippen LogP contribution in [0, 0.1) is 11.7 Å². The molecule has 0 aliphatic carbocycles. The minimum Gasteiger partial charge on any atom is -0.467 e. The van der Waals surface area contributed by atoms with Gasteiger partial charge in [0, 0.05) is 29.2 Å². The van der Waals surface area contributed by atoms with Crippen LogP contribution in [0.15, 0.2) is 24.5 Å². The number of amides is 2. The van der Waals surface area contributed by atoms with Crippen LogP contribution in [0.5, 0.6) is 0 Å². The molecule has 0 unspecified atom stereocenters. The van der Waals surface area contributed by atoms with E-state index in [9.17, 15) is 14.0 Å². The van der Waals surface area contributed by atoms with Gasteiger partial charge in [0.05, 0.1) is 19.1 Å². The van der Waals surface area contributed by atoms with E-state index in [-0.39, 0.29) is 16.5 Å². The number of imidazole rings is 1. The van der Waals surface area contributed by atoms with Gasteiger partial charge < -0.3 is 19.9 Å². The number of nitrogens with zero attached hydrogens (tertiary/aromatic N) is 2. The number of hydrogen-bond donors (Lipinski definition) is 2. The number of carbonyl (C=O) groups excluding carboxylic acids is 2. The zero-order chi connectivity index (χ0) is 21.1. The van der Waals surface area contributed by atoms with Gasteiger partial charge >= 0.3 is 12.0 Å². The van der Waals surface area contributed by atoms with E-state index in [1.807, 2.05) is 13.8 Å². The Labute approximate surface area is 173 Å². The van der Waals surface area contributed by atoms with Crippen molar-refractivity contribution in [3.05, 3.63) is 52.3 Å². The predicted molar refractivity (Wildman–Crippen MR) is 106 cm³/mol. The molecule has 2 atom stereocenters. The zero-order valence-electron chi connectivity index (χ0n) is 16.5. The number of hydrogen-bond acceptors (Lipinski definition) is 4. The molecule has 2 N–H and O–H groups in total. The standard InChI is InChI=1S/C20H24ClFN4O3/c1-11(2)8-16(19(27)29-3)25-20(28)26-7-6-15-17(24-10-23-15)18(26)13-5-4-12(21)9-14(13)22/h4-5,9-11,16,18H,6-8H2,1-3H3,(H,23,24)(H,25,28)/t16-,18+/m1/s1. The van der Waals surface area contributed by atoms with Gasteiger partial charge in [-0.05, 0) is 24.5 Å². The van der Waals surface area contributed by atoms with E-state index >= 15 is 0 Å². The summed E-state index contributed by atoms with van der Waals surface area (Å²) < 4.78 is 19.6. The maximum atomic E-state index is 14.7. The topological polar surface area (TPSA) is 87.3 Å². The van der Waals surface area contributed by atoms with Crippen LogP contribution in [-0.2, 0) is 16.0 Å². The van der Waals surface area contributed by atoms with Crippen molar-refractivity contribution in [2.24, 2.45) is 5.92 Å². The summed E-state index contributed by atoms with van der Waals surface area (Å²) in [6.45, 7) is 4.24. The van der Waals surface area contributed by atoms with Crippen LogP contribution >= 0.6 is 11.6 Å². The lowest BCUT2D eigenvalue weighted by atomic mass is 9.95. The van der Waals surface area contributed by atoms with Gasteiger partial charge in [0.25, 0.3) is 0 Å². The number of rotatable bonds is 5. The van der Waals surface area contributed by atoms with Crippen LogP contribution in [0.2, 0.25) is 5.02 Å². The summed E-state index contributed by atoms with van der Waals surface area (Å²) in [5.41, 5.74) is 1.71. The summed E-state index contributed by atoms with van der Waals surface area (Å²) in [6, 6.07) is 2.34. The van der Waals surface area contributed by atoms with Gasteiger partial charge in [0.2, 0.25) is 0 Å². The Morgan fingerprint density at radius 2 is 2.21 bits per heavy atom. The van der Waals surface area contributed by atoms with Crippen molar-refractivity contribution >= 4 is 23.6 Å². The normalized spacial score (nSPS) is 17.0. The van der Waals surface area contributed by atoms with Crippen molar-refractivity contribution < 1.29 is 18.7 Å². The maximum absolute atomic E-state index is 14.7. The summed E-state index contributed by atoms with van der Waals surface area (Å²) in [6.07, 6.45) is 2.50. The number of fused-ring (bicyclic) bond motifs is 1. The van der Waals surface area contributed by atoms with E-state index in [0.29, 0.717) is 25.1 Å². The zero-order valence-corrected chi connectivity index (χ0v) is 17.3. The molecule has 0 radical (unpaired) electrons. The lowest BCUT2D eigenvalue weighted by Crippen LogP contribution is -2.51. The number of aromatic nitrogens is 2. The number of ether oxygens (including phenoxy) is 1. The highest BCUT2D eigenvalue weighted by Crippen LogP contribution is 2.35. The second-order valence-electron chi connectivity index (χ2n) is 7.43. The number of H-pyrrole nitrogens is 1. The number of carbonyl (C=O) groups is 2. The Kier molecular flexibility index (Phi) is 6.42. The molecule has 9 heteroatoms. The van der Waals surface area contributed by atoms with Crippen LogP contribution in [0.4, 0.5) is 9.18 Å². The van der Waals surface area contributed by atoms with Gasteiger partial charge in [-0.2, -0.15) is 0 Å². The number of urea groups is 1. The molecule has 1 aromatic heterocycles. The highest BCUT2D eigenvalue weighted by Gasteiger charge is 2.37. The number of nitrogens with one attached hydrogen (secondary N) is 2. The average Bonchev–Trinajstić information content (AvgIpc) is 3.15. The van der Waals surface area contributed by atoms with E-state index in [1.165, 1.54) is 24.4 Å². The van der Waals surface area contributed by atoms with Crippen LogP contribution < -0.4 is 5.32 Å². The van der Waals surface area contributed by atoms with Crippen molar-refractivity contribution in [2.45, 2.75) is 38.8 Å². The van der Waals surface area contributed by atoms with Gasteiger partial charge in [0.15, 0.2) is 0 Å².